The molecule has 22 heavy (non-hydrogen) atoms. The van der Waals surface area contributed by atoms with E-state index in [9.17, 15) is 13.5 Å². The Hall–Kier alpha value is -1.50. The molecule has 1 aromatic heterocycles. The van der Waals surface area contributed by atoms with Gasteiger partial charge >= 0.3 is 0 Å². The van der Waals surface area contributed by atoms with Crippen LogP contribution in [0.5, 0.6) is 0 Å². The van der Waals surface area contributed by atoms with Crippen LogP contribution in [-0.2, 0) is 16.4 Å². The average Bonchev–Trinajstić information content (AvgIpc) is 2.77. The van der Waals surface area contributed by atoms with Crippen LogP contribution in [0.2, 0.25) is 0 Å². The van der Waals surface area contributed by atoms with Crippen molar-refractivity contribution in [2.75, 3.05) is 18.1 Å². The summed E-state index contributed by atoms with van der Waals surface area (Å²) < 4.78 is 23.4. The fraction of sp³-hybridized carbons (Fsp3) is 0.438. The number of para-hydroxylation sites is 1. The topological polar surface area (TPSA) is 70.5 Å². The van der Waals surface area contributed by atoms with Gasteiger partial charge in [0.05, 0.1) is 34.9 Å². The maximum absolute atomic E-state index is 11.7. The molecule has 2 heterocycles. The van der Waals surface area contributed by atoms with Crippen molar-refractivity contribution < 1.29 is 13.5 Å². The zero-order valence-corrected chi connectivity index (χ0v) is 13.3. The van der Waals surface area contributed by atoms with Gasteiger partial charge in [-0.3, -0.25) is 9.88 Å². The van der Waals surface area contributed by atoms with Crippen LogP contribution in [0.15, 0.2) is 36.4 Å². The molecule has 1 fully saturated rings. The van der Waals surface area contributed by atoms with Crippen LogP contribution in [0.3, 0.4) is 0 Å². The smallest absolute Gasteiger partial charge is 0.154 e. The van der Waals surface area contributed by atoms with Gasteiger partial charge in [-0.2, -0.15) is 0 Å². The summed E-state index contributed by atoms with van der Waals surface area (Å²) in [5.74, 6) is -0.116. The van der Waals surface area contributed by atoms with Crippen molar-refractivity contribution in [2.45, 2.75) is 25.6 Å². The van der Waals surface area contributed by atoms with E-state index in [-0.39, 0.29) is 17.5 Å². The van der Waals surface area contributed by atoms with Crippen LogP contribution in [-0.4, -0.2) is 53.6 Å². The Morgan fingerprint density at radius 1 is 1.23 bits per heavy atom. The average molecular weight is 320 g/mol. The Kier molecular flexibility index (Phi) is 4.16. The van der Waals surface area contributed by atoms with E-state index >= 15 is 0 Å². The molecule has 1 aliphatic rings. The van der Waals surface area contributed by atoms with E-state index in [4.69, 9.17) is 0 Å². The van der Waals surface area contributed by atoms with Gasteiger partial charge in [0.15, 0.2) is 9.84 Å². The van der Waals surface area contributed by atoms with Crippen molar-refractivity contribution >= 4 is 20.7 Å². The Labute approximate surface area is 130 Å². The molecule has 0 aliphatic carbocycles. The Morgan fingerprint density at radius 2 is 2.00 bits per heavy atom. The van der Waals surface area contributed by atoms with Crippen molar-refractivity contribution in [3.05, 3.63) is 42.1 Å². The summed E-state index contributed by atoms with van der Waals surface area (Å²) in [5.41, 5.74) is 1.81. The number of pyridine rings is 1. The van der Waals surface area contributed by atoms with Gasteiger partial charge in [0.1, 0.15) is 0 Å². The molecular formula is C16H20N2O3S. The van der Waals surface area contributed by atoms with Gasteiger partial charge in [0, 0.05) is 11.9 Å². The first-order valence-corrected chi connectivity index (χ1v) is 9.28. The van der Waals surface area contributed by atoms with Crippen LogP contribution in [0.4, 0.5) is 0 Å². The van der Waals surface area contributed by atoms with Crippen molar-refractivity contribution in [1.82, 2.24) is 9.88 Å². The molecular weight excluding hydrogens is 300 g/mol. The lowest BCUT2D eigenvalue weighted by Gasteiger charge is -2.28. The first-order chi connectivity index (χ1) is 10.5. The molecule has 2 atom stereocenters. The number of nitrogens with zero attached hydrogens (tertiary/aromatic N) is 2. The largest absolute Gasteiger partial charge is 0.390 e. The summed E-state index contributed by atoms with van der Waals surface area (Å²) in [6.45, 7) is 3.18. The molecule has 0 bridgehead atoms. The quantitative estimate of drug-likeness (QED) is 0.917. The maximum atomic E-state index is 11.7. The number of rotatable bonds is 4. The summed E-state index contributed by atoms with van der Waals surface area (Å²) in [4.78, 5) is 6.62. The van der Waals surface area contributed by atoms with Crippen molar-refractivity contribution in [1.29, 1.82) is 0 Å². The third-order valence-corrected chi connectivity index (χ3v) is 5.89. The molecule has 2 aromatic rings. The Balaban J connectivity index is 1.82. The Morgan fingerprint density at radius 3 is 2.68 bits per heavy atom. The molecule has 0 radical (unpaired) electrons. The van der Waals surface area contributed by atoms with Crippen molar-refractivity contribution in [2.24, 2.45) is 0 Å². The lowest BCUT2D eigenvalue weighted by atomic mass is 10.1. The zero-order valence-electron chi connectivity index (χ0n) is 12.5. The predicted octanol–water partition coefficient (Wildman–Crippen LogP) is 1.21. The molecule has 0 amide bonds. The fourth-order valence-electron chi connectivity index (χ4n) is 3.03. The van der Waals surface area contributed by atoms with Gasteiger partial charge in [-0.1, -0.05) is 31.2 Å². The minimum absolute atomic E-state index is 0.0234. The predicted molar refractivity (Wildman–Crippen MR) is 86.3 cm³/mol. The van der Waals surface area contributed by atoms with Gasteiger partial charge in [-0.25, -0.2) is 8.42 Å². The first-order valence-electron chi connectivity index (χ1n) is 7.46. The van der Waals surface area contributed by atoms with E-state index < -0.39 is 15.9 Å². The van der Waals surface area contributed by atoms with Gasteiger partial charge in [-0.15, -0.1) is 0 Å². The second-order valence-electron chi connectivity index (χ2n) is 5.77. The van der Waals surface area contributed by atoms with Gasteiger partial charge in [-0.05, 0) is 18.7 Å². The normalized spacial score (nSPS) is 24.1. The monoisotopic (exact) mass is 320 g/mol. The maximum Gasteiger partial charge on any atom is 0.154 e. The van der Waals surface area contributed by atoms with E-state index in [1.807, 2.05) is 48.2 Å². The summed E-state index contributed by atoms with van der Waals surface area (Å²) in [7, 11) is -3.14. The van der Waals surface area contributed by atoms with Crippen LogP contribution >= 0.6 is 0 Å². The number of benzene rings is 1. The van der Waals surface area contributed by atoms with E-state index in [2.05, 4.69) is 4.98 Å². The summed E-state index contributed by atoms with van der Waals surface area (Å²) in [6, 6.07) is 11.5. The highest BCUT2D eigenvalue weighted by atomic mass is 32.2. The van der Waals surface area contributed by atoms with Gasteiger partial charge in [0.2, 0.25) is 0 Å². The second kappa shape index (κ2) is 5.95. The van der Waals surface area contributed by atoms with E-state index in [0.717, 1.165) is 16.6 Å². The van der Waals surface area contributed by atoms with E-state index in [1.54, 1.807) is 0 Å². The molecule has 0 spiro atoms. The molecule has 5 nitrogen and oxygen atoms in total. The summed E-state index contributed by atoms with van der Waals surface area (Å²) in [6.07, 6.45) is -0.814. The lowest BCUT2D eigenvalue weighted by Crippen LogP contribution is -2.42. The molecule has 1 aliphatic heterocycles. The van der Waals surface area contributed by atoms with Gasteiger partial charge in [0.25, 0.3) is 0 Å². The van der Waals surface area contributed by atoms with Crippen molar-refractivity contribution in [3.8, 4) is 0 Å². The Bertz CT molecular complexity index is 776. The van der Waals surface area contributed by atoms with Gasteiger partial charge < -0.3 is 5.11 Å². The number of aliphatic hydroxyl groups is 1. The van der Waals surface area contributed by atoms with Crippen LogP contribution < -0.4 is 0 Å². The molecule has 3 rings (SSSR count). The number of aliphatic hydroxyl groups excluding tert-OH is 1. The number of fused-ring (bicyclic) bond motifs is 1. The third kappa shape index (κ3) is 3.14. The SMILES string of the molecule is CCN(Cc1ccc2ccccc2n1)[C@H]1CS(=O)(=O)C[C@@H]1O. The number of hydrogen-bond acceptors (Lipinski definition) is 5. The van der Waals surface area contributed by atoms with E-state index in [1.165, 1.54) is 0 Å². The number of likely N-dealkylation sites (N-methyl/N-ethyl adjacent to an activating group) is 1. The molecule has 0 saturated carbocycles. The van der Waals surface area contributed by atoms with Crippen LogP contribution in [0, 0.1) is 0 Å². The highest BCUT2D eigenvalue weighted by Crippen LogP contribution is 2.21. The number of sulfone groups is 1. The lowest BCUT2D eigenvalue weighted by molar-refractivity contribution is 0.0811. The molecule has 6 heteroatoms. The summed E-state index contributed by atoms with van der Waals surface area (Å²) >= 11 is 0. The summed E-state index contributed by atoms with van der Waals surface area (Å²) in [5, 5.41) is 11.1. The molecule has 1 saturated heterocycles. The highest BCUT2D eigenvalue weighted by Gasteiger charge is 2.39. The number of aromatic nitrogens is 1. The molecule has 1 aromatic carbocycles. The third-order valence-electron chi connectivity index (χ3n) is 4.19. The minimum atomic E-state index is -3.14. The molecule has 0 unspecified atom stereocenters. The second-order valence-corrected chi connectivity index (χ2v) is 7.92. The molecule has 118 valence electrons. The highest BCUT2D eigenvalue weighted by molar-refractivity contribution is 7.91. The fourth-order valence-corrected chi connectivity index (χ4v) is 4.86. The molecule has 1 N–H and O–H groups in total. The van der Waals surface area contributed by atoms with E-state index in [0.29, 0.717) is 13.1 Å². The van der Waals surface area contributed by atoms with Crippen LogP contribution in [0.1, 0.15) is 12.6 Å². The zero-order chi connectivity index (χ0) is 15.7. The van der Waals surface area contributed by atoms with Crippen LogP contribution in [0.25, 0.3) is 10.9 Å². The minimum Gasteiger partial charge on any atom is -0.390 e. The van der Waals surface area contributed by atoms with Crippen molar-refractivity contribution in [3.63, 3.8) is 0 Å². The standard InChI is InChI=1S/C16H20N2O3S/c1-2-18(15-10-22(20,21)11-16(15)19)9-13-8-7-12-5-3-4-6-14(12)17-13/h3-8,15-16,19H,2,9-11H2,1H3/t15-,16-/m0/s1. The first kappa shape index (κ1) is 15.4. The number of hydrogen-bond donors (Lipinski definition) is 1.